The summed E-state index contributed by atoms with van der Waals surface area (Å²) in [5.74, 6) is 1.60. The number of oxime groups is 1. The van der Waals surface area contributed by atoms with E-state index >= 15 is 0 Å². The predicted molar refractivity (Wildman–Crippen MR) is 60.4 cm³/mol. The van der Waals surface area contributed by atoms with Gasteiger partial charge in [0.1, 0.15) is 0 Å². The molecule has 1 aromatic rings. The van der Waals surface area contributed by atoms with Gasteiger partial charge < -0.3 is 14.7 Å². The summed E-state index contributed by atoms with van der Waals surface area (Å²) in [6.45, 7) is 2.28. The molecule has 0 saturated carbocycles. The van der Waals surface area contributed by atoms with Gasteiger partial charge in [0, 0.05) is 0 Å². The number of fused-ring (bicyclic) bond motifs is 1. The van der Waals surface area contributed by atoms with Crippen LogP contribution in [0.5, 0.6) is 11.5 Å². The zero-order valence-corrected chi connectivity index (χ0v) is 9.27. The number of nitrogens with zero attached hydrogens (tertiary/aromatic N) is 1. The Morgan fingerprint density at radius 2 is 2.19 bits per heavy atom. The van der Waals surface area contributed by atoms with Gasteiger partial charge in [0.05, 0.1) is 5.71 Å². The summed E-state index contributed by atoms with van der Waals surface area (Å²) in [5.41, 5.74) is 1.98. The van der Waals surface area contributed by atoms with Gasteiger partial charge in [-0.25, -0.2) is 0 Å². The van der Waals surface area contributed by atoms with Crippen LogP contribution in [0.2, 0.25) is 0 Å². The van der Waals surface area contributed by atoms with Crippen LogP contribution in [-0.4, -0.2) is 17.7 Å². The highest BCUT2D eigenvalue weighted by molar-refractivity contribution is 5.83. The lowest BCUT2D eigenvalue weighted by molar-refractivity contribution is 0.174. The molecule has 0 amide bonds. The van der Waals surface area contributed by atoms with Gasteiger partial charge in [-0.2, -0.15) is 0 Å². The van der Waals surface area contributed by atoms with Crippen molar-refractivity contribution in [3.63, 3.8) is 0 Å². The van der Waals surface area contributed by atoms with E-state index < -0.39 is 0 Å². The molecule has 4 heteroatoms. The topological polar surface area (TPSA) is 51.0 Å². The van der Waals surface area contributed by atoms with Crippen molar-refractivity contribution in [2.24, 2.45) is 5.16 Å². The molecule has 0 aromatic heterocycles. The van der Waals surface area contributed by atoms with E-state index in [1.54, 1.807) is 0 Å². The van der Waals surface area contributed by atoms with Gasteiger partial charge >= 0.3 is 0 Å². The van der Waals surface area contributed by atoms with Crippen LogP contribution in [0.3, 0.4) is 0 Å². The fourth-order valence-corrected chi connectivity index (χ4v) is 1.68. The molecule has 0 aliphatic carbocycles. The van der Waals surface area contributed by atoms with Crippen LogP contribution in [0.25, 0.3) is 0 Å². The Morgan fingerprint density at radius 3 is 2.94 bits per heavy atom. The molecule has 0 unspecified atom stereocenters. The minimum atomic E-state index is 0.303. The molecular weight excluding hydrogens is 206 g/mol. The summed E-state index contributed by atoms with van der Waals surface area (Å²) in [5, 5.41) is 12.0. The van der Waals surface area contributed by atoms with Crippen molar-refractivity contribution < 1.29 is 14.7 Å². The first-order valence-electron chi connectivity index (χ1n) is 5.42. The Hall–Kier alpha value is -1.71. The molecular formula is C12H15NO3. The summed E-state index contributed by atoms with van der Waals surface area (Å²) < 4.78 is 10.5. The average molecular weight is 221 g/mol. The molecule has 1 N–H and O–H groups in total. The van der Waals surface area contributed by atoms with Crippen LogP contribution in [0, 0.1) is 0 Å². The first-order chi connectivity index (χ1) is 7.83. The van der Waals surface area contributed by atoms with Crippen molar-refractivity contribution in [3.05, 3.63) is 23.8 Å². The minimum Gasteiger partial charge on any atom is -0.454 e. The van der Waals surface area contributed by atoms with Crippen LogP contribution in [-0.2, 0) is 6.42 Å². The maximum atomic E-state index is 8.70. The molecule has 0 bridgehead atoms. The Kier molecular flexibility index (Phi) is 3.29. The molecule has 86 valence electrons. The van der Waals surface area contributed by atoms with Crippen molar-refractivity contribution in [2.75, 3.05) is 6.79 Å². The highest BCUT2D eigenvalue weighted by Crippen LogP contribution is 2.32. The minimum absolute atomic E-state index is 0.303. The zero-order valence-electron chi connectivity index (χ0n) is 9.27. The molecule has 0 fully saturated rings. The maximum absolute atomic E-state index is 8.70. The third kappa shape index (κ3) is 2.27. The van der Waals surface area contributed by atoms with Gasteiger partial charge in [0.15, 0.2) is 11.5 Å². The Morgan fingerprint density at radius 1 is 1.38 bits per heavy atom. The Labute approximate surface area is 94.5 Å². The third-order valence-electron chi connectivity index (χ3n) is 2.69. The summed E-state index contributed by atoms with van der Waals surface area (Å²) in [6.07, 6.45) is 2.40. The van der Waals surface area contributed by atoms with E-state index in [2.05, 4.69) is 5.16 Å². The van der Waals surface area contributed by atoms with Gasteiger partial charge in [-0.15, -0.1) is 0 Å². The lowest BCUT2D eigenvalue weighted by atomic mass is 10.1. The predicted octanol–water partition coefficient (Wildman–Crippen LogP) is 2.59. The normalized spacial score (nSPS) is 14.2. The second-order valence-electron chi connectivity index (χ2n) is 3.71. The van der Waals surface area contributed by atoms with Crippen LogP contribution in [0.15, 0.2) is 23.4 Å². The smallest absolute Gasteiger partial charge is 0.231 e. The first kappa shape index (κ1) is 10.8. The number of aryl methyl sites for hydroxylation is 1. The van der Waals surface area contributed by atoms with Gasteiger partial charge in [0.2, 0.25) is 6.79 Å². The van der Waals surface area contributed by atoms with E-state index in [-0.39, 0.29) is 0 Å². The number of ether oxygens (including phenoxy) is 2. The molecule has 0 spiro atoms. The monoisotopic (exact) mass is 221 g/mol. The molecule has 2 rings (SSSR count). The van der Waals surface area contributed by atoms with Crippen LogP contribution in [0.4, 0.5) is 0 Å². The number of hydrogen-bond donors (Lipinski definition) is 1. The van der Waals surface area contributed by atoms with E-state index in [4.69, 9.17) is 14.7 Å². The van der Waals surface area contributed by atoms with E-state index in [9.17, 15) is 0 Å². The molecule has 1 aliphatic rings. The summed E-state index contributed by atoms with van der Waals surface area (Å²) >= 11 is 0. The van der Waals surface area contributed by atoms with E-state index in [0.29, 0.717) is 6.79 Å². The highest BCUT2D eigenvalue weighted by atomic mass is 16.7. The van der Waals surface area contributed by atoms with Crippen molar-refractivity contribution >= 4 is 5.71 Å². The zero-order chi connectivity index (χ0) is 11.4. The number of rotatable bonds is 4. The first-order valence-corrected chi connectivity index (χ1v) is 5.42. The fraction of sp³-hybridized carbons (Fsp3) is 0.417. The summed E-state index contributed by atoms with van der Waals surface area (Å²) in [6, 6.07) is 5.91. The molecule has 4 nitrogen and oxygen atoms in total. The van der Waals surface area contributed by atoms with Crippen molar-refractivity contribution in [1.29, 1.82) is 0 Å². The van der Waals surface area contributed by atoms with Gasteiger partial charge in [-0.3, -0.25) is 0 Å². The van der Waals surface area contributed by atoms with Crippen molar-refractivity contribution in [2.45, 2.75) is 26.2 Å². The average Bonchev–Trinajstić information content (AvgIpc) is 2.77. The van der Waals surface area contributed by atoms with Crippen LogP contribution < -0.4 is 9.47 Å². The molecule has 1 heterocycles. The number of benzene rings is 1. The van der Waals surface area contributed by atoms with Crippen LogP contribution in [0.1, 0.15) is 25.3 Å². The lowest BCUT2D eigenvalue weighted by Crippen LogP contribution is -1.98. The van der Waals surface area contributed by atoms with Gasteiger partial charge in [-0.05, 0) is 37.0 Å². The van der Waals surface area contributed by atoms with E-state index in [0.717, 1.165) is 36.5 Å². The van der Waals surface area contributed by atoms with Crippen LogP contribution >= 0.6 is 0 Å². The SMILES string of the molecule is CC/C(CCc1ccc2c(c1)OCO2)=N\O. The van der Waals surface area contributed by atoms with Gasteiger partial charge in [-0.1, -0.05) is 18.1 Å². The Bertz CT molecular complexity index is 401. The standard InChI is InChI=1S/C12H15NO3/c1-2-10(13-14)5-3-9-4-6-11-12(7-9)16-8-15-11/h4,6-7,14H,2-3,5,8H2,1H3/b13-10+. The fourth-order valence-electron chi connectivity index (χ4n) is 1.68. The Balaban J connectivity index is 2.00. The molecule has 1 aliphatic heterocycles. The van der Waals surface area contributed by atoms with Crippen molar-refractivity contribution in [3.8, 4) is 11.5 Å². The van der Waals surface area contributed by atoms with Gasteiger partial charge in [0.25, 0.3) is 0 Å². The number of hydrogen-bond acceptors (Lipinski definition) is 4. The van der Waals surface area contributed by atoms with E-state index in [1.807, 2.05) is 25.1 Å². The quantitative estimate of drug-likeness (QED) is 0.483. The third-order valence-corrected chi connectivity index (χ3v) is 2.69. The molecule has 0 saturated heterocycles. The van der Waals surface area contributed by atoms with Crippen molar-refractivity contribution in [1.82, 2.24) is 0 Å². The molecule has 0 radical (unpaired) electrons. The second kappa shape index (κ2) is 4.88. The molecule has 0 atom stereocenters. The molecule has 1 aromatic carbocycles. The molecule has 16 heavy (non-hydrogen) atoms. The maximum Gasteiger partial charge on any atom is 0.231 e. The largest absolute Gasteiger partial charge is 0.454 e. The highest BCUT2D eigenvalue weighted by Gasteiger charge is 2.13. The summed E-state index contributed by atoms with van der Waals surface area (Å²) in [7, 11) is 0. The lowest BCUT2D eigenvalue weighted by Gasteiger charge is -2.03. The van der Waals surface area contributed by atoms with E-state index in [1.165, 1.54) is 5.56 Å². The summed E-state index contributed by atoms with van der Waals surface area (Å²) in [4.78, 5) is 0. The second-order valence-corrected chi connectivity index (χ2v) is 3.71.